The molecule has 0 saturated heterocycles. The number of rotatable bonds is 6. The average molecular weight is 343 g/mol. The second-order valence-corrected chi connectivity index (χ2v) is 6.16. The highest BCUT2D eigenvalue weighted by molar-refractivity contribution is 7.98. The number of nitrogens with one attached hydrogen (secondary N) is 1. The first-order valence-corrected chi connectivity index (χ1v) is 8.33. The monoisotopic (exact) mass is 343 g/mol. The van der Waals surface area contributed by atoms with Crippen molar-refractivity contribution < 1.29 is 0 Å². The van der Waals surface area contributed by atoms with E-state index in [0.29, 0.717) is 22.7 Å². The van der Waals surface area contributed by atoms with Crippen LogP contribution in [-0.2, 0) is 5.75 Å². The molecule has 0 amide bonds. The van der Waals surface area contributed by atoms with Crippen LogP contribution >= 0.6 is 11.8 Å². The van der Waals surface area contributed by atoms with Crippen molar-refractivity contribution in [1.82, 2.24) is 35.2 Å². The largest absolute Gasteiger partial charge is 0.368 e. The second-order valence-electron chi connectivity index (χ2n) is 5.21. The fraction of sp³-hybridized carbons (Fsp3) is 0.286. The number of nitrogens with two attached hydrogens (primary N) is 1. The maximum Gasteiger partial charge on any atom is 0.232 e. The zero-order valence-corrected chi connectivity index (χ0v) is 14.1. The molecule has 2 aromatic heterocycles. The maximum atomic E-state index is 5.78. The van der Waals surface area contributed by atoms with Crippen LogP contribution in [-0.4, -0.2) is 35.2 Å². The van der Waals surface area contributed by atoms with Crippen LogP contribution in [0.15, 0.2) is 35.5 Å². The first-order chi connectivity index (χ1) is 11.6. The van der Waals surface area contributed by atoms with E-state index in [4.69, 9.17) is 5.73 Å². The molecule has 0 atom stereocenters. The molecule has 10 heteroatoms. The predicted octanol–water partition coefficient (Wildman–Crippen LogP) is 2.06. The lowest BCUT2D eigenvalue weighted by Gasteiger charge is -2.08. The average Bonchev–Trinajstić information content (AvgIpc) is 3.02. The highest BCUT2D eigenvalue weighted by atomic mass is 32.2. The summed E-state index contributed by atoms with van der Waals surface area (Å²) in [7, 11) is 0. The molecule has 2 heterocycles. The third-order valence-electron chi connectivity index (χ3n) is 3.01. The lowest BCUT2D eigenvalue weighted by Crippen LogP contribution is -2.07. The number of thioether (sulfide) groups is 1. The Balaban J connectivity index is 1.73. The molecular weight excluding hydrogens is 326 g/mol. The molecule has 3 aromatic rings. The Kier molecular flexibility index (Phi) is 4.85. The van der Waals surface area contributed by atoms with Gasteiger partial charge in [0.15, 0.2) is 0 Å². The summed E-state index contributed by atoms with van der Waals surface area (Å²) in [6.07, 6.45) is 0. The van der Waals surface area contributed by atoms with Gasteiger partial charge in [-0.15, -0.1) is 5.10 Å². The van der Waals surface area contributed by atoms with Crippen molar-refractivity contribution >= 4 is 29.3 Å². The smallest absolute Gasteiger partial charge is 0.232 e. The van der Waals surface area contributed by atoms with Gasteiger partial charge in [0, 0.05) is 5.69 Å². The molecule has 0 fully saturated rings. The number of aromatic nitrogens is 7. The van der Waals surface area contributed by atoms with E-state index in [-0.39, 0.29) is 12.0 Å². The second kappa shape index (κ2) is 7.21. The number of hydrogen-bond donors (Lipinski definition) is 2. The Labute approximate surface area is 143 Å². The Morgan fingerprint density at radius 2 is 1.96 bits per heavy atom. The van der Waals surface area contributed by atoms with Gasteiger partial charge in [-0.2, -0.15) is 15.0 Å². The van der Waals surface area contributed by atoms with Gasteiger partial charge < -0.3 is 11.1 Å². The molecule has 3 rings (SSSR count). The van der Waals surface area contributed by atoms with Gasteiger partial charge in [0.2, 0.25) is 17.1 Å². The van der Waals surface area contributed by atoms with Crippen LogP contribution in [0.1, 0.15) is 25.7 Å². The van der Waals surface area contributed by atoms with Crippen LogP contribution < -0.4 is 11.1 Å². The normalized spacial score (nSPS) is 11.0. The molecule has 0 spiro atoms. The van der Waals surface area contributed by atoms with Gasteiger partial charge >= 0.3 is 0 Å². The van der Waals surface area contributed by atoms with E-state index in [1.54, 1.807) is 4.68 Å². The molecule has 0 unspecified atom stereocenters. The topological polar surface area (TPSA) is 120 Å². The fourth-order valence-electron chi connectivity index (χ4n) is 1.94. The SMILES string of the molecule is CC(C)n1nnnc1SCc1nc(N)nc(Nc2ccccc2)n1. The summed E-state index contributed by atoms with van der Waals surface area (Å²) in [4.78, 5) is 12.7. The van der Waals surface area contributed by atoms with E-state index < -0.39 is 0 Å². The predicted molar refractivity (Wildman–Crippen MR) is 91.7 cm³/mol. The summed E-state index contributed by atoms with van der Waals surface area (Å²) >= 11 is 1.45. The minimum absolute atomic E-state index is 0.169. The maximum absolute atomic E-state index is 5.78. The molecule has 3 N–H and O–H groups in total. The van der Waals surface area contributed by atoms with E-state index in [1.807, 2.05) is 44.2 Å². The summed E-state index contributed by atoms with van der Waals surface area (Å²) in [5.74, 6) is 1.63. The molecule has 9 nitrogen and oxygen atoms in total. The number of hydrogen-bond acceptors (Lipinski definition) is 9. The highest BCUT2D eigenvalue weighted by Gasteiger charge is 2.12. The number of benzene rings is 1. The van der Waals surface area contributed by atoms with Gasteiger partial charge in [-0.05, 0) is 36.4 Å². The summed E-state index contributed by atoms with van der Waals surface area (Å²) in [6.45, 7) is 4.03. The van der Waals surface area contributed by atoms with Gasteiger partial charge in [-0.25, -0.2) is 4.68 Å². The summed E-state index contributed by atoms with van der Waals surface area (Å²) < 4.78 is 1.75. The Morgan fingerprint density at radius 1 is 1.17 bits per heavy atom. The van der Waals surface area contributed by atoms with Crippen molar-refractivity contribution in [2.75, 3.05) is 11.1 Å². The number of tetrazole rings is 1. The van der Waals surface area contributed by atoms with Gasteiger partial charge in [0.05, 0.1) is 11.8 Å². The molecule has 0 aliphatic carbocycles. The summed E-state index contributed by atoms with van der Waals surface area (Å²) in [5, 5.41) is 15.5. The standard InChI is InChI=1S/C14H17N9S/c1-9(2)23-14(20-21-22-23)24-8-11-17-12(15)19-13(18-11)16-10-6-4-3-5-7-10/h3-7,9H,8H2,1-2H3,(H3,15,16,17,18,19). The van der Waals surface area contributed by atoms with Crippen LogP contribution in [0.5, 0.6) is 0 Å². The van der Waals surface area contributed by atoms with Gasteiger partial charge in [-0.1, -0.05) is 30.0 Å². The zero-order chi connectivity index (χ0) is 16.9. The van der Waals surface area contributed by atoms with E-state index in [0.717, 1.165) is 5.69 Å². The van der Waals surface area contributed by atoms with Crippen molar-refractivity contribution in [3.8, 4) is 0 Å². The number of nitrogen functional groups attached to an aromatic ring is 1. The summed E-state index contributed by atoms with van der Waals surface area (Å²) in [5.41, 5.74) is 6.66. The Morgan fingerprint density at radius 3 is 2.71 bits per heavy atom. The molecule has 1 aromatic carbocycles. The van der Waals surface area contributed by atoms with Gasteiger partial charge in [-0.3, -0.25) is 0 Å². The molecule has 0 bridgehead atoms. The Bertz CT molecular complexity index is 803. The van der Waals surface area contributed by atoms with E-state index in [9.17, 15) is 0 Å². The van der Waals surface area contributed by atoms with Crippen LogP contribution in [0.25, 0.3) is 0 Å². The zero-order valence-electron chi connectivity index (χ0n) is 13.3. The molecule has 0 aliphatic heterocycles. The minimum atomic E-state index is 0.169. The lowest BCUT2D eigenvalue weighted by atomic mass is 10.3. The molecule has 0 saturated carbocycles. The van der Waals surface area contributed by atoms with E-state index in [1.165, 1.54) is 11.8 Å². The fourth-order valence-corrected chi connectivity index (χ4v) is 2.80. The summed E-state index contributed by atoms with van der Waals surface area (Å²) in [6, 6.07) is 9.82. The van der Waals surface area contributed by atoms with Crippen molar-refractivity contribution in [3.63, 3.8) is 0 Å². The molecule has 0 radical (unpaired) electrons. The highest BCUT2D eigenvalue weighted by Crippen LogP contribution is 2.21. The van der Waals surface area contributed by atoms with Crippen LogP contribution in [0, 0.1) is 0 Å². The lowest BCUT2D eigenvalue weighted by molar-refractivity contribution is 0.477. The number of anilines is 3. The Hall–Kier alpha value is -2.75. The van der Waals surface area contributed by atoms with E-state index >= 15 is 0 Å². The van der Waals surface area contributed by atoms with Crippen LogP contribution in [0.2, 0.25) is 0 Å². The van der Waals surface area contributed by atoms with Crippen molar-refractivity contribution in [3.05, 3.63) is 36.2 Å². The third kappa shape index (κ3) is 3.96. The van der Waals surface area contributed by atoms with Crippen molar-refractivity contribution in [2.45, 2.75) is 30.8 Å². The minimum Gasteiger partial charge on any atom is -0.368 e. The molecular formula is C14H17N9S. The third-order valence-corrected chi connectivity index (χ3v) is 3.94. The van der Waals surface area contributed by atoms with E-state index in [2.05, 4.69) is 35.8 Å². The van der Waals surface area contributed by atoms with Crippen molar-refractivity contribution in [1.29, 1.82) is 0 Å². The van der Waals surface area contributed by atoms with Gasteiger partial charge in [0.1, 0.15) is 5.82 Å². The molecule has 0 aliphatic rings. The van der Waals surface area contributed by atoms with Gasteiger partial charge in [0.25, 0.3) is 0 Å². The number of nitrogens with zero attached hydrogens (tertiary/aromatic N) is 7. The first kappa shape index (κ1) is 16.1. The van der Waals surface area contributed by atoms with Crippen LogP contribution in [0.3, 0.4) is 0 Å². The van der Waals surface area contributed by atoms with Crippen LogP contribution in [0.4, 0.5) is 17.6 Å². The number of para-hydroxylation sites is 1. The molecule has 124 valence electrons. The molecule has 24 heavy (non-hydrogen) atoms. The first-order valence-electron chi connectivity index (χ1n) is 7.35. The quantitative estimate of drug-likeness (QED) is 0.648. The van der Waals surface area contributed by atoms with Crippen molar-refractivity contribution in [2.24, 2.45) is 0 Å².